The zero-order valence-electron chi connectivity index (χ0n) is 8.08. The highest BCUT2D eigenvalue weighted by molar-refractivity contribution is 5.64. The summed E-state index contributed by atoms with van der Waals surface area (Å²) in [7, 11) is 1.99. The molecule has 1 amide bonds. The summed E-state index contributed by atoms with van der Waals surface area (Å²) in [5.74, 6) is 0.511. The van der Waals surface area contributed by atoms with Crippen molar-refractivity contribution >= 4 is 6.09 Å². The number of nitrogens with two attached hydrogens (primary N) is 1. The number of ether oxygens (including phenoxy) is 1. The van der Waals surface area contributed by atoms with Crippen LogP contribution in [0.5, 0.6) is 0 Å². The lowest BCUT2D eigenvalue weighted by molar-refractivity contribution is 0.120. The van der Waals surface area contributed by atoms with Gasteiger partial charge in [-0.3, -0.25) is 0 Å². The number of rotatable bonds is 3. The van der Waals surface area contributed by atoms with E-state index in [0.29, 0.717) is 18.6 Å². The van der Waals surface area contributed by atoms with E-state index < -0.39 is 6.09 Å². The number of primary amides is 1. The maximum Gasteiger partial charge on any atom is 0.404 e. The largest absolute Gasteiger partial charge is 0.449 e. The van der Waals surface area contributed by atoms with Crippen molar-refractivity contribution < 1.29 is 9.53 Å². The Bertz CT molecular complexity index is 165. The van der Waals surface area contributed by atoms with Gasteiger partial charge in [-0.15, -0.1) is 0 Å². The van der Waals surface area contributed by atoms with Crippen LogP contribution in [0.1, 0.15) is 25.7 Å². The number of amides is 1. The molecule has 0 aromatic heterocycles. The maximum absolute atomic E-state index is 10.4. The topological polar surface area (TPSA) is 64.3 Å². The fraction of sp³-hybridized carbons (Fsp3) is 0.889. The van der Waals surface area contributed by atoms with Crippen LogP contribution in [0, 0.1) is 5.92 Å². The molecular formula is C9H18N2O2. The van der Waals surface area contributed by atoms with Crippen molar-refractivity contribution in [3.63, 3.8) is 0 Å². The molecule has 0 saturated heterocycles. The first-order chi connectivity index (χ1) is 6.22. The predicted octanol–water partition coefficient (Wildman–Crippen LogP) is 0.860. The molecule has 0 atom stereocenters. The second-order valence-corrected chi connectivity index (χ2v) is 3.64. The Morgan fingerprint density at radius 2 is 2.08 bits per heavy atom. The fourth-order valence-corrected chi connectivity index (χ4v) is 1.82. The van der Waals surface area contributed by atoms with Gasteiger partial charge in [-0.25, -0.2) is 4.79 Å². The highest BCUT2D eigenvalue weighted by Gasteiger charge is 2.20. The average molecular weight is 186 g/mol. The van der Waals surface area contributed by atoms with Crippen LogP contribution in [-0.2, 0) is 4.74 Å². The molecule has 4 heteroatoms. The van der Waals surface area contributed by atoms with Gasteiger partial charge < -0.3 is 15.8 Å². The minimum atomic E-state index is -0.657. The van der Waals surface area contributed by atoms with Gasteiger partial charge in [0.15, 0.2) is 0 Å². The summed E-state index contributed by atoms with van der Waals surface area (Å²) in [6, 6.07) is 0.643. The highest BCUT2D eigenvalue weighted by atomic mass is 16.5. The van der Waals surface area contributed by atoms with Crippen molar-refractivity contribution in [3.8, 4) is 0 Å². The van der Waals surface area contributed by atoms with E-state index in [2.05, 4.69) is 5.32 Å². The van der Waals surface area contributed by atoms with Crippen LogP contribution >= 0.6 is 0 Å². The van der Waals surface area contributed by atoms with Gasteiger partial charge in [-0.05, 0) is 38.6 Å². The SMILES string of the molecule is CNC1CCC(COC(N)=O)CC1. The lowest BCUT2D eigenvalue weighted by Gasteiger charge is -2.27. The minimum Gasteiger partial charge on any atom is -0.449 e. The standard InChI is InChI=1S/C9H18N2O2/c1-11-8-4-2-7(3-5-8)6-13-9(10)12/h7-8,11H,2-6H2,1H3,(H2,10,12). The third-order valence-electron chi connectivity index (χ3n) is 2.72. The van der Waals surface area contributed by atoms with Gasteiger partial charge in [0.1, 0.15) is 0 Å². The Labute approximate surface area is 78.8 Å². The summed E-state index contributed by atoms with van der Waals surface area (Å²) >= 11 is 0. The first-order valence-electron chi connectivity index (χ1n) is 4.82. The highest BCUT2D eigenvalue weighted by Crippen LogP contribution is 2.24. The van der Waals surface area contributed by atoms with Gasteiger partial charge in [0.2, 0.25) is 0 Å². The molecule has 0 radical (unpaired) electrons. The molecule has 4 nitrogen and oxygen atoms in total. The summed E-state index contributed by atoms with van der Waals surface area (Å²) in [4.78, 5) is 10.4. The first kappa shape index (κ1) is 10.3. The van der Waals surface area contributed by atoms with E-state index in [9.17, 15) is 4.79 Å². The van der Waals surface area contributed by atoms with Crippen molar-refractivity contribution in [2.24, 2.45) is 11.7 Å². The monoisotopic (exact) mass is 186 g/mol. The second kappa shape index (κ2) is 5.07. The second-order valence-electron chi connectivity index (χ2n) is 3.64. The van der Waals surface area contributed by atoms with Gasteiger partial charge in [-0.2, -0.15) is 0 Å². The summed E-state index contributed by atoms with van der Waals surface area (Å²) in [5.41, 5.74) is 4.89. The zero-order valence-corrected chi connectivity index (χ0v) is 8.08. The molecule has 1 rings (SSSR count). The molecule has 0 heterocycles. The van der Waals surface area contributed by atoms with Crippen molar-refractivity contribution in [3.05, 3.63) is 0 Å². The van der Waals surface area contributed by atoms with E-state index in [1.165, 1.54) is 12.8 Å². The summed E-state index contributed by atoms with van der Waals surface area (Å²) in [5, 5.41) is 3.26. The lowest BCUT2D eigenvalue weighted by atomic mass is 9.87. The van der Waals surface area contributed by atoms with Crippen LogP contribution in [-0.4, -0.2) is 25.8 Å². The molecular weight excluding hydrogens is 168 g/mol. The van der Waals surface area contributed by atoms with Crippen molar-refractivity contribution in [2.45, 2.75) is 31.7 Å². The zero-order chi connectivity index (χ0) is 9.68. The van der Waals surface area contributed by atoms with Crippen LogP contribution in [0.15, 0.2) is 0 Å². The Balaban J connectivity index is 2.14. The van der Waals surface area contributed by atoms with Gasteiger partial charge >= 0.3 is 6.09 Å². The third-order valence-corrected chi connectivity index (χ3v) is 2.72. The number of hydrogen-bond donors (Lipinski definition) is 2. The summed E-state index contributed by atoms with van der Waals surface area (Å²) in [6.07, 6.45) is 3.93. The molecule has 1 saturated carbocycles. The Morgan fingerprint density at radius 1 is 1.46 bits per heavy atom. The van der Waals surface area contributed by atoms with E-state index in [4.69, 9.17) is 10.5 Å². The van der Waals surface area contributed by atoms with E-state index in [-0.39, 0.29) is 0 Å². The third kappa shape index (κ3) is 3.63. The van der Waals surface area contributed by atoms with E-state index in [1.807, 2.05) is 7.05 Å². The van der Waals surface area contributed by atoms with Crippen LogP contribution in [0.2, 0.25) is 0 Å². The number of hydrogen-bond acceptors (Lipinski definition) is 3. The molecule has 3 N–H and O–H groups in total. The smallest absolute Gasteiger partial charge is 0.404 e. The van der Waals surface area contributed by atoms with Crippen LogP contribution in [0.3, 0.4) is 0 Å². The minimum absolute atomic E-state index is 0.492. The molecule has 1 aliphatic rings. The molecule has 0 spiro atoms. The van der Waals surface area contributed by atoms with Crippen LogP contribution in [0.25, 0.3) is 0 Å². The summed E-state index contributed by atoms with van der Waals surface area (Å²) < 4.78 is 4.77. The fourth-order valence-electron chi connectivity index (χ4n) is 1.82. The maximum atomic E-state index is 10.4. The van der Waals surface area contributed by atoms with Crippen molar-refractivity contribution in [1.29, 1.82) is 0 Å². The first-order valence-corrected chi connectivity index (χ1v) is 4.82. The normalized spacial score (nSPS) is 28.4. The number of carbonyl (C=O) groups excluding carboxylic acids is 1. The Morgan fingerprint density at radius 3 is 2.54 bits per heavy atom. The quantitative estimate of drug-likeness (QED) is 0.687. The lowest BCUT2D eigenvalue weighted by Crippen LogP contribution is -2.32. The number of nitrogens with one attached hydrogen (secondary N) is 1. The molecule has 0 bridgehead atoms. The molecule has 1 aliphatic carbocycles. The van der Waals surface area contributed by atoms with Crippen molar-refractivity contribution in [1.82, 2.24) is 5.32 Å². The molecule has 1 fully saturated rings. The van der Waals surface area contributed by atoms with E-state index in [1.54, 1.807) is 0 Å². The Hall–Kier alpha value is -0.770. The number of carbonyl (C=O) groups is 1. The Kier molecular flexibility index (Phi) is 4.02. The molecule has 0 aliphatic heterocycles. The van der Waals surface area contributed by atoms with E-state index in [0.717, 1.165) is 12.8 Å². The molecule has 0 aromatic rings. The molecule has 76 valence electrons. The molecule has 0 aromatic carbocycles. The predicted molar refractivity (Wildman–Crippen MR) is 50.3 cm³/mol. The van der Waals surface area contributed by atoms with Crippen LogP contribution in [0.4, 0.5) is 4.79 Å². The molecule has 13 heavy (non-hydrogen) atoms. The van der Waals surface area contributed by atoms with Crippen LogP contribution < -0.4 is 11.1 Å². The van der Waals surface area contributed by atoms with Gasteiger partial charge in [-0.1, -0.05) is 0 Å². The summed E-state index contributed by atoms with van der Waals surface area (Å²) in [6.45, 7) is 0.492. The van der Waals surface area contributed by atoms with Gasteiger partial charge in [0.05, 0.1) is 6.61 Å². The van der Waals surface area contributed by atoms with Gasteiger partial charge in [0, 0.05) is 6.04 Å². The average Bonchev–Trinajstić information content (AvgIpc) is 2.15. The van der Waals surface area contributed by atoms with Crippen molar-refractivity contribution in [2.75, 3.05) is 13.7 Å². The van der Waals surface area contributed by atoms with E-state index >= 15 is 0 Å². The van der Waals surface area contributed by atoms with Gasteiger partial charge in [0.25, 0.3) is 0 Å². The molecule has 0 unspecified atom stereocenters.